The van der Waals surface area contributed by atoms with E-state index in [1.807, 2.05) is 0 Å². The Morgan fingerprint density at radius 3 is 1.89 bits per heavy atom. The van der Waals surface area contributed by atoms with Crippen molar-refractivity contribution < 1.29 is 0 Å². The van der Waals surface area contributed by atoms with Crippen LogP contribution in [0.1, 0.15) is 20.8 Å². The molecule has 2 heteroatoms. The minimum absolute atomic E-state index is 0.602. The third-order valence-electron chi connectivity index (χ3n) is 1.42. The highest BCUT2D eigenvalue weighted by Crippen LogP contribution is 2.02. The number of hydrogen-bond acceptors (Lipinski definition) is 1. The summed E-state index contributed by atoms with van der Waals surface area (Å²) < 4.78 is 0. The minimum Gasteiger partial charge on any atom is -0.303 e. The zero-order chi connectivity index (χ0) is 7.44. The van der Waals surface area contributed by atoms with E-state index in [1.54, 1.807) is 0 Å². The summed E-state index contributed by atoms with van der Waals surface area (Å²) in [4.78, 5) is 2.92. The van der Waals surface area contributed by atoms with Gasteiger partial charge in [-0.3, -0.25) is 0 Å². The highest BCUT2D eigenvalue weighted by molar-refractivity contribution is 9.09. The van der Waals surface area contributed by atoms with Crippen molar-refractivity contribution in [2.45, 2.75) is 31.6 Å². The first kappa shape index (κ1) is 9.44. The van der Waals surface area contributed by atoms with Gasteiger partial charge in [-0.25, -0.2) is 0 Å². The van der Waals surface area contributed by atoms with Crippen molar-refractivity contribution in [3.8, 4) is 0 Å². The fourth-order valence-corrected chi connectivity index (χ4v) is 1.06. The summed E-state index contributed by atoms with van der Waals surface area (Å²) in [7, 11) is 2.14. The predicted molar refractivity (Wildman–Crippen MR) is 46.2 cm³/mol. The Bertz CT molecular complexity index is 71.3. The average Bonchev–Trinajstić information content (AvgIpc) is 1.63. The van der Waals surface area contributed by atoms with E-state index in [9.17, 15) is 0 Å². The summed E-state index contributed by atoms with van der Waals surface area (Å²) in [5.74, 6) is 0. The smallest absolute Gasteiger partial charge is 0.0244 e. The molecule has 0 amide bonds. The first-order valence-electron chi connectivity index (χ1n) is 3.38. The van der Waals surface area contributed by atoms with Crippen LogP contribution in [0.25, 0.3) is 0 Å². The van der Waals surface area contributed by atoms with E-state index in [1.165, 1.54) is 0 Å². The maximum absolute atomic E-state index is 3.50. The molecule has 56 valence electrons. The Balaban J connectivity index is 3.38. The Morgan fingerprint density at radius 2 is 1.78 bits per heavy atom. The second kappa shape index (κ2) is 4.29. The second-order valence-electron chi connectivity index (χ2n) is 2.81. The Hall–Kier alpha value is 0.440. The number of halogens is 1. The number of hydrogen-bond donors (Lipinski definition) is 0. The maximum atomic E-state index is 3.50. The van der Waals surface area contributed by atoms with Crippen molar-refractivity contribution in [1.29, 1.82) is 0 Å². The lowest BCUT2D eigenvalue weighted by Gasteiger charge is -2.21. The van der Waals surface area contributed by atoms with Crippen molar-refractivity contribution >= 4 is 15.9 Å². The van der Waals surface area contributed by atoms with Crippen LogP contribution in [0.3, 0.4) is 0 Å². The molecule has 0 spiro atoms. The van der Waals surface area contributed by atoms with Crippen LogP contribution in [-0.4, -0.2) is 29.4 Å². The molecule has 0 aromatic rings. The summed E-state index contributed by atoms with van der Waals surface area (Å²) in [5.41, 5.74) is 0. The van der Waals surface area contributed by atoms with Gasteiger partial charge in [0.1, 0.15) is 0 Å². The third kappa shape index (κ3) is 4.91. The molecule has 1 unspecified atom stereocenters. The van der Waals surface area contributed by atoms with E-state index in [0.29, 0.717) is 10.9 Å². The quantitative estimate of drug-likeness (QED) is 0.622. The molecule has 0 saturated heterocycles. The zero-order valence-electron chi connectivity index (χ0n) is 6.69. The Labute approximate surface area is 66.6 Å². The van der Waals surface area contributed by atoms with E-state index in [0.717, 1.165) is 6.54 Å². The Kier molecular flexibility index (Phi) is 4.50. The number of alkyl halides is 1. The summed E-state index contributed by atoms with van der Waals surface area (Å²) >= 11 is 3.50. The van der Waals surface area contributed by atoms with Crippen LogP contribution in [0.4, 0.5) is 0 Å². The molecule has 0 heterocycles. The van der Waals surface area contributed by atoms with Gasteiger partial charge in [0.05, 0.1) is 0 Å². The first-order valence-corrected chi connectivity index (χ1v) is 4.30. The Morgan fingerprint density at radius 1 is 1.33 bits per heavy atom. The second-order valence-corrected chi connectivity index (χ2v) is 4.38. The van der Waals surface area contributed by atoms with E-state index in [2.05, 4.69) is 48.6 Å². The summed E-state index contributed by atoms with van der Waals surface area (Å²) in [5, 5.41) is 0. The molecule has 0 fully saturated rings. The fraction of sp³-hybridized carbons (Fsp3) is 1.00. The lowest BCUT2D eigenvalue weighted by atomic mass is 10.3. The van der Waals surface area contributed by atoms with Crippen molar-refractivity contribution in [1.82, 2.24) is 4.90 Å². The van der Waals surface area contributed by atoms with Gasteiger partial charge in [0.2, 0.25) is 0 Å². The van der Waals surface area contributed by atoms with Crippen LogP contribution in [-0.2, 0) is 0 Å². The molecule has 0 aliphatic heterocycles. The molecule has 1 nitrogen and oxygen atoms in total. The van der Waals surface area contributed by atoms with Crippen molar-refractivity contribution in [3.05, 3.63) is 0 Å². The van der Waals surface area contributed by atoms with Crippen LogP contribution in [0, 0.1) is 0 Å². The lowest BCUT2D eigenvalue weighted by molar-refractivity contribution is 0.279. The predicted octanol–water partition coefficient (Wildman–Crippen LogP) is 2.11. The van der Waals surface area contributed by atoms with Crippen molar-refractivity contribution in [2.75, 3.05) is 13.6 Å². The topological polar surface area (TPSA) is 3.24 Å². The average molecular weight is 194 g/mol. The lowest BCUT2D eigenvalue weighted by Crippen LogP contribution is -2.30. The van der Waals surface area contributed by atoms with Gasteiger partial charge < -0.3 is 4.90 Å². The zero-order valence-corrected chi connectivity index (χ0v) is 8.27. The fourth-order valence-electron chi connectivity index (χ4n) is 0.608. The first-order chi connectivity index (χ1) is 4.04. The van der Waals surface area contributed by atoms with Crippen LogP contribution in [0.5, 0.6) is 0 Å². The molecule has 1 atom stereocenters. The minimum atomic E-state index is 0.602. The highest BCUT2D eigenvalue weighted by atomic mass is 79.9. The van der Waals surface area contributed by atoms with E-state index in [4.69, 9.17) is 0 Å². The molecule has 9 heavy (non-hydrogen) atoms. The van der Waals surface area contributed by atoms with Crippen LogP contribution in [0.2, 0.25) is 0 Å². The normalized spacial score (nSPS) is 15.0. The molecule has 0 rings (SSSR count). The van der Waals surface area contributed by atoms with Crippen LogP contribution >= 0.6 is 15.9 Å². The highest BCUT2D eigenvalue weighted by Gasteiger charge is 2.04. The SMILES string of the molecule is CC(Br)CN(C)C(C)C. The van der Waals surface area contributed by atoms with Gasteiger partial charge in [-0.05, 0) is 20.9 Å². The standard InChI is InChI=1S/C7H16BrN/c1-6(2)9(4)5-7(3)8/h6-7H,5H2,1-4H3. The molecule has 0 aliphatic carbocycles. The number of rotatable bonds is 3. The molecular formula is C7H16BrN. The summed E-state index contributed by atoms with van der Waals surface area (Å²) in [6.45, 7) is 7.70. The third-order valence-corrected chi connectivity index (χ3v) is 1.71. The van der Waals surface area contributed by atoms with Crippen molar-refractivity contribution in [3.63, 3.8) is 0 Å². The summed E-state index contributed by atoms with van der Waals surface area (Å²) in [6.07, 6.45) is 0. The molecule has 0 bridgehead atoms. The van der Waals surface area contributed by atoms with Crippen molar-refractivity contribution in [2.24, 2.45) is 0 Å². The van der Waals surface area contributed by atoms with Crippen LogP contribution < -0.4 is 0 Å². The van der Waals surface area contributed by atoms with E-state index >= 15 is 0 Å². The molecule has 0 radical (unpaired) electrons. The molecule has 0 aromatic heterocycles. The number of nitrogens with zero attached hydrogens (tertiary/aromatic N) is 1. The largest absolute Gasteiger partial charge is 0.303 e. The molecule has 0 aromatic carbocycles. The molecule has 0 N–H and O–H groups in total. The van der Waals surface area contributed by atoms with Gasteiger partial charge in [-0.15, -0.1) is 0 Å². The molecule has 0 saturated carbocycles. The van der Waals surface area contributed by atoms with Gasteiger partial charge >= 0.3 is 0 Å². The van der Waals surface area contributed by atoms with Crippen LogP contribution in [0.15, 0.2) is 0 Å². The van der Waals surface area contributed by atoms with Gasteiger partial charge in [-0.1, -0.05) is 22.9 Å². The maximum Gasteiger partial charge on any atom is 0.0244 e. The van der Waals surface area contributed by atoms with E-state index < -0.39 is 0 Å². The van der Waals surface area contributed by atoms with Gasteiger partial charge in [0.25, 0.3) is 0 Å². The van der Waals surface area contributed by atoms with E-state index in [-0.39, 0.29) is 0 Å². The van der Waals surface area contributed by atoms with Gasteiger partial charge in [0, 0.05) is 17.4 Å². The monoisotopic (exact) mass is 193 g/mol. The molecular weight excluding hydrogens is 178 g/mol. The molecule has 0 aliphatic rings. The van der Waals surface area contributed by atoms with Gasteiger partial charge in [0.15, 0.2) is 0 Å². The van der Waals surface area contributed by atoms with Gasteiger partial charge in [-0.2, -0.15) is 0 Å². The summed E-state index contributed by atoms with van der Waals surface area (Å²) in [6, 6.07) is 0.657.